The van der Waals surface area contributed by atoms with Crippen molar-refractivity contribution in [2.75, 3.05) is 0 Å². The maximum atomic E-state index is 12.4. The number of carbonyl (C=O) groups is 2. The van der Waals surface area contributed by atoms with Gasteiger partial charge in [0.25, 0.3) is 11.1 Å². The number of amides is 2. The van der Waals surface area contributed by atoms with Crippen LogP contribution in [0.15, 0.2) is 53.6 Å². The van der Waals surface area contributed by atoms with Crippen molar-refractivity contribution in [3.63, 3.8) is 0 Å². The van der Waals surface area contributed by atoms with Crippen LogP contribution in [-0.2, 0) is 11.3 Å². The third-order valence-electron chi connectivity index (χ3n) is 3.07. The minimum absolute atomic E-state index is 0.213. The zero-order chi connectivity index (χ0) is 15.5. The Kier molecular flexibility index (Phi) is 4.27. The van der Waals surface area contributed by atoms with Gasteiger partial charge in [-0.25, -0.2) is 0 Å². The van der Waals surface area contributed by atoms with Gasteiger partial charge in [0.15, 0.2) is 0 Å². The molecule has 0 radical (unpaired) electrons. The fourth-order valence-electron chi connectivity index (χ4n) is 2.05. The van der Waals surface area contributed by atoms with Crippen molar-refractivity contribution in [1.82, 2.24) is 9.88 Å². The summed E-state index contributed by atoms with van der Waals surface area (Å²) in [5.41, 5.74) is 1.46. The summed E-state index contributed by atoms with van der Waals surface area (Å²) in [6.45, 7) is 0.213. The largest absolute Gasteiger partial charge is 0.293 e. The maximum absolute atomic E-state index is 12.4. The van der Waals surface area contributed by atoms with Crippen molar-refractivity contribution in [2.45, 2.75) is 6.54 Å². The summed E-state index contributed by atoms with van der Waals surface area (Å²) in [5.74, 6) is -0.305. The molecule has 0 aliphatic carbocycles. The fraction of sp³-hybridized carbons (Fsp3) is 0.0625. The molecule has 4 nitrogen and oxygen atoms in total. The second-order valence-electron chi connectivity index (χ2n) is 4.65. The van der Waals surface area contributed by atoms with Gasteiger partial charge in [-0.15, -0.1) is 0 Å². The smallest absolute Gasteiger partial charge is 0.268 e. The van der Waals surface area contributed by atoms with E-state index in [2.05, 4.69) is 4.98 Å². The second kappa shape index (κ2) is 6.34. The Labute approximate surface area is 136 Å². The zero-order valence-electron chi connectivity index (χ0n) is 11.4. The van der Waals surface area contributed by atoms with Crippen LogP contribution in [0.3, 0.4) is 0 Å². The predicted molar refractivity (Wildman–Crippen MR) is 87.2 cm³/mol. The summed E-state index contributed by atoms with van der Waals surface area (Å²) in [6, 6.07) is 12.5. The number of hydrogen-bond donors (Lipinski definition) is 0. The number of nitrogens with zero attached hydrogens (tertiary/aromatic N) is 2. The standard InChI is InChI=1S/C16H11ClN2O2S/c17-12-5-3-4-11(8-12)10-19-15(20)14(22-16(19)21)9-13-6-1-2-7-18-13/h1-9H,10H2/b14-9-. The molecule has 6 heteroatoms. The molecule has 1 aliphatic heterocycles. The number of aromatic nitrogens is 1. The molecule has 2 amide bonds. The van der Waals surface area contributed by atoms with Crippen molar-refractivity contribution in [3.05, 3.63) is 69.8 Å². The molecule has 0 N–H and O–H groups in total. The van der Waals surface area contributed by atoms with E-state index in [4.69, 9.17) is 11.6 Å². The minimum Gasteiger partial charge on any atom is -0.268 e. The first-order chi connectivity index (χ1) is 10.6. The predicted octanol–water partition coefficient (Wildman–Crippen LogP) is 3.97. The van der Waals surface area contributed by atoms with E-state index in [1.54, 1.807) is 42.6 Å². The molecule has 2 heterocycles. The van der Waals surface area contributed by atoms with Crippen LogP contribution in [0.1, 0.15) is 11.3 Å². The zero-order valence-corrected chi connectivity index (χ0v) is 13.0. The number of halogens is 1. The van der Waals surface area contributed by atoms with Crippen LogP contribution in [0.2, 0.25) is 5.02 Å². The molecule has 0 atom stereocenters. The average Bonchev–Trinajstić information content (AvgIpc) is 2.76. The number of rotatable bonds is 3. The van der Waals surface area contributed by atoms with Gasteiger partial charge in [-0.05, 0) is 47.7 Å². The Bertz CT molecular complexity index is 762. The van der Waals surface area contributed by atoms with Crippen LogP contribution in [0.4, 0.5) is 4.79 Å². The van der Waals surface area contributed by atoms with Gasteiger partial charge < -0.3 is 0 Å². The summed E-state index contributed by atoms with van der Waals surface area (Å²) in [4.78, 5) is 30.1. The second-order valence-corrected chi connectivity index (χ2v) is 6.08. The molecule has 1 aromatic carbocycles. The average molecular weight is 331 g/mol. The normalized spacial score (nSPS) is 16.6. The first kappa shape index (κ1) is 14.8. The van der Waals surface area contributed by atoms with Gasteiger partial charge in [-0.1, -0.05) is 29.8 Å². The number of imide groups is 1. The molecular weight excluding hydrogens is 320 g/mol. The summed E-state index contributed by atoms with van der Waals surface area (Å²) >= 11 is 6.85. The molecule has 0 saturated carbocycles. The lowest BCUT2D eigenvalue weighted by Gasteiger charge is -2.12. The van der Waals surface area contributed by atoms with Gasteiger partial charge in [-0.2, -0.15) is 0 Å². The Morgan fingerprint density at radius 2 is 2.05 bits per heavy atom. The topological polar surface area (TPSA) is 50.3 Å². The number of hydrogen-bond acceptors (Lipinski definition) is 4. The molecule has 0 bridgehead atoms. The molecule has 1 aliphatic rings. The minimum atomic E-state index is -0.305. The van der Waals surface area contributed by atoms with Crippen molar-refractivity contribution in [1.29, 1.82) is 0 Å². The van der Waals surface area contributed by atoms with Gasteiger partial charge >= 0.3 is 0 Å². The highest BCUT2D eigenvalue weighted by Gasteiger charge is 2.35. The molecule has 3 rings (SSSR count). The first-order valence-electron chi connectivity index (χ1n) is 6.54. The van der Waals surface area contributed by atoms with Gasteiger partial charge in [0.1, 0.15) is 0 Å². The fourth-order valence-corrected chi connectivity index (χ4v) is 3.09. The van der Waals surface area contributed by atoms with Gasteiger partial charge in [0.05, 0.1) is 17.1 Å². The molecule has 110 valence electrons. The third kappa shape index (κ3) is 3.21. The highest BCUT2D eigenvalue weighted by atomic mass is 35.5. The lowest BCUT2D eigenvalue weighted by molar-refractivity contribution is -0.123. The Morgan fingerprint density at radius 1 is 1.18 bits per heavy atom. The molecule has 0 spiro atoms. The van der Waals surface area contributed by atoms with E-state index < -0.39 is 0 Å². The lowest BCUT2D eigenvalue weighted by atomic mass is 10.2. The summed E-state index contributed by atoms with van der Waals surface area (Å²) < 4.78 is 0. The van der Waals surface area contributed by atoms with Crippen molar-refractivity contribution in [2.24, 2.45) is 0 Å². The molecule has 1 aromatic heterocycles. The molecular formula is C16H11ClN2O2S. The highest BCUT2D eigenvalue weighted by Crippen LogP contribution is 2.33. The van der Waals surface area contributed by atoms with E-state index in [1.807, 2.05) is 12.1 Å². The summed E-state index contributed by atoms with van der Waals surface area (Å²) in [6.07, 6.45) is 3.27. The molecule has 2 aromatic rings. The Hall–Kier alpha value is -2.11. The number of benzene rings is 1. The van der Waals surface area contributed by atoms with E-state index in [9.17, 15) is 9.59 Å². The van der Waals surface area contributed by atoms with E-state index in [0.717, 1.165) is 17.3 Å². The number of carbonyl (C=O) groups excluding carboxylic acids is 2. The Morgan fingerprint density at radius 3 is 2.77 bits per heavy atom. The Balaban J connectivity index is 1.81. The van der Waals surface area contributed by atoms with Gasteiger partial charge in [-0.3, -0.25) is 19.5 Å². The van der Waals surface area contributed by atoms with Crippen LogP contribution in [0.25, 0.3) is 6.08 Å². The monoisotopic (exact) mass is 330 g/mol. The third-order valence-corrected chi connectivity index (χ3v) is 4.21. The lowest BCUT2D eigenvalue weighted by Crippen LogP contribution is -2.27. The molecule has 0 unspecified atom stereocenters. The number of pyridine rings is 1. The molecule has 1 fully saturated rings. The van der Waals surface area contributed by atoms with Crippen LogP contribution in [0, 0.1) is 0 Å². The SMILES string of the molecule is O=C1S/C(=C\c2ccccn2)C(=O)N1Cc1cccc(Cl)c1. The van der Waals surface area contributed by atoms with Crippen LogP contribution < -0.4 is 0 Å². The van der Waals surface area contributed by atoms with Gasteiger partial charge in [0, 0.05) is 11.2 Å². The van der Waals surface area contributed by atoms with Crippen molar-refractivity contribution >= 4 is 40.6 Å². The van der Waals surface area contributed by atoms with Crippen molar-refractivity contribution in [3.8, 4) is 0 Å². The quantitative estimate of drug-likeness (QED) is 0.799. The van der Waals surface area contributed by atoms with Gasteiger partial charge in [0.2, 0.25) is 0 Å². The summed E-state index contributed by atoms with van der Waals surface area (Å²) in [7, 11) is 0. The van der Waals surface area contributed by atoms with E-state index in [0.29, 0.717) is 15.6 Å². The van der Waals surface area contributed by atoms with E-state index in [-0.39, 0.29) is 17.7 Å². The molecule has 1 saturated heterocycles. The molecule has 22 heavy (non-hydrogen) atoms. The summed E-state index contributed by atoms with van der Waals surface area (Å²) in [5, 5.41) is 0.292. The highest BCUT2D eigenvalue weighted by molar-refractivity contribution is 8.18. The van der Waals surface area contributed by atoms with Crippen LogP contribution in [-0.4, -0.2) is 21.0 Å². The van der Waals surface area contributed by atoms with Crippen LogP contribution in [0.5, 0.6) is 0 Å². The van der Waals surface area contributed by atoms with E-state index in [1.165, 1.54) is 4.90 Å². The number of thioether (sulfide) groups is 1. The first-order valence-corrected chi connectivity index (χ1v) is 7.74. The van der Waals surface area contributed by atoms with Crippen LogP contribution >= 0.6 is 23.4 Å². The maximum Gasteiger partial charge on any atom is 0.293 e. The van der Waals surface area contributed by atoms with E-state index >= 15 is 0 Å². The van der Waals surface area contributed by atoms with Crippen molar-refractivity contribution < 1.29 is 9.59 Å².